The van der Waals surface area contributed by atoms with Crippen molar-refractivity contribution in [1.82, 2.24) is 0 Å². The zero-order valence-corrected chi connectivity index (χ0v) is 6.13. The van der Waals surface area contributed by atoms with Crippen molar-refractivity contribution in [1.29, 1.82) is 0 Å². The minimum Gasteiger partial charge on any atom is -0.298 e. The van der Waals surface area contributed by atoms with Crippen molar-refractivity contribution in [2.45, 2.75) is 6.92 Å². The summed E-state index contributed by atoms with van der Waals surface area (Å²) in [4.78, 5) is 21.6. The van der Waals surface area contributed by atoms with Crippen LogP contribution in [0.4, 0.5) is 0 Å². The lowest BCUT2D eigenvalue weighted by molar-refractivity contribution is 0.101. The molecule has 0 radical (unpaired) electrons. The highest BCUT2D eigenvalue weighted by Crippen LogP contribution is 2.05. The van der Waals surface area contributed by atoms with E-state index < -0.39 is 6.26 Å². The molecule has 1 aromatic rings. The molecule has 0 amide bonds. The zero-order valence-electron chi connectivity index (χ0n) is 7.13. The maximum atomic E-state index is 10.9. The molecule has 0 N–H and O–H groups in total. The fraction of sp³-hybridized carbons (Fsp3) is 0.111. The van der Waals surface area contributed by atoms with Gasteiger partial charge >= 0.3 is 0 Å². The van der Waals surface area contributed by atoms with Gasteiger partial charge in [-0.25, -0.2) is 0 Å². The summed E-state index contributed by atoms with van der Waals surface area (Å²) in [5.74, 6) is -0.189. The minimum absolute atomic E-state index is 0.171. The lowest BCUT2D eigenvalue weighted by Crippen LogP contribution is -1.97. The van der Waals surface area contributed by atoms with Crippen LogP contribution in [-0.2, 0) is 0 Å². The first kappa shape index (κ1) is 6.28. The van der Waals surface area contributed by atoms with Gasteiger partial charge in [-0.05, 0) is 6.92 Å². The molecule has 0 atom stereocenters. The first-order valence-electron chi connectivity index (χ1n) is 3.74. The Bertz CT molecular complexity index is 298. The van der Waals surface area contributed by atoms with Crippen molar-refractivity contribution in [3.8, 4) is 0 Å². The van der Waals surface area contributed by atoms with Gasteiger partial charge in [-0.15, -0.1) is 0 Å². The van der Waals surface area contributed by atoms with E-state index in [0.29, 0.717) is 5.56 Å². The second-order valence-corrected chi connectivity index (χ2v) is 2.20. The number of carbonyl (C=O) groups is 2. The van der Waals surface area contributed by atoms with Gasteiger partial charge in [-0.2, -0.15) is 0 Å². The first-order chi connectivity index (χ1) is 5.63. The quantitative estimate of drug-likeness (QED) is 0.473. The van der Waals surface area contributed by atoms with Crippen LogP contribution in [0.5, 0.6) is 0 Å². The summed E-state index contributed by atoms with van der Waals surface area (Å²) in [6.07, 6.45) is -0.819. The van der Waals surface area contributed by atoms with Crippen LogP contribution in [0.3, 0.4) is 0 Å². The van der Waals surface area contributed by atoms with E-state index in [9.17, 15) is 9.59 Å². The van der Waals surface area contributed by atoms with E-state index >= 15 is 0 Å². The fourth-order valence-electron chi connectivity index (χ4n) is 0.879. The molecule has 0 saturated carbocycles. The number of aldehydes is 1. The molecule has 0 saturated heterocycles. The van der Waals surface area contributed by atoms with E-state index in [1.165, 1.54) is 13.0 Å². The third-order valence-electron chi connectivity index (χ3n) is 1.42. The summed E-state index contributed by atoms with van der Waals surface area (Å²) in [6.45, 7) is 1.38. The van der Waals surface area contributed by atoms with Gasteiger partial charge in [0, 0.05) is 11.1 Å². The van der Waals surface area contributed by atoms with Crippen LogP contribution < -0.4 is 0 Å². The molecular formula is C9H8O2. The van der Waals surface area contributed by atoms with Gasteiger partial charge in [0.2, 0.25) is 0 Å². The molecule has 0 fully saturated rings. The molecule has 0 bridgehead atoms. The van der Waals surface area contributed by atoms with Gasteiger partial charge in [0.1, 0.15) is 1.37 Å². The third kappa shape index (κ3) is 1.52. The summed E-state index contributed by atoms with van der Waals surface area (Å²) in [5.41, 5.74) is 0.488. The molecule has 0 aliphatic carbocycles. The largest absolute Gasteiger partial charge is 0.298 e. The monoisotopic (exact) mass is 149 g/mol. The van der Waals surface area contributed by atoms with E-state index in [4.69, 9.17) is 1.37 Å². The Morgan fingerprint density at radius 3 is 2.64 bits per heavy atom. The second kappa shape index (κ2) is 3.10. The van der Waals surface area contributed by atoms with Crippen molar-refractivity contribution in [2.24, 2.45) is 0 Å². The van der Waals surface area contributed by atoms with Crippen LogP contribution in [0.25, 0.3) is 0 Å². The van der Waals surface area contributed by atoms with Crippen LogP contribution in [0.15, 0.2) is 24.3 Å². The normalized spacial score (nSPS) is 10.5. The summed E-state index contributed by atoms with van der Waals surface area (Å²) >= 11 is 0. The van der Waals surface area contributed by atoms with E-state index in [2.05, 4.69) is 0 Å². The number of rotatable bonds is 2. The minimum atomic E-state index is -0.819. The number of hydrogen-bond donors (Lipinski definition) is 0. The molecule has 0 unspecified atom stereocenters. The van der Waals surface area contributed by atoms with Crippen molar-refractivity contribution >= 4 is 12.0 Å². The Morgan fingerprint density at radius 1 is 1.55 bits per heavy atom. The van der Waals surface area contributed by atoms with Crippen molar-refractivity contribution in [3.05, 3.63) is 35.4 Å². The smallest absolute Gasteiger partial charge is 0.160 e. The predicted octanol–water partition coefficient (Wildman–Crippen LogP) is 1.70. The van der Waals surface area contributed by atoms with Crippen molar-refractivity contribution in [3.63, 3.8) is 0 Å². The van der Waals surface area contributed by atoms with Crippen molar-refractivity contribution < 1.29 is 11.0 Å². The lowest BCUT2D eigenvalue weighted by atomic mass is 10.1. The molecule has 0 spiro atoms. The predicted molar refractivity (Wildman–Crippen MR) is 41.8 cm³/mol. The van der Waals surface area contributed by atoms with Gasteiger partial charge in [0.25, 0.3) is 0 Å². The van der Waals surface area contributed by atoms with Gasteiger partial charge in [-0.1, -0.05) is 24.3 Å². The van der Waals surface area contributed by atoms with Gasteiger partial charge in [0.15, 0.2) is 12.0 Å². The summed E-state index contributed by atoms with van der Waals surface area (Å²) in [6, 6.07) is 6.33. The third-order valence-corrected chi connectivity index (χ3v) is 1.42. The molecule has 1 aromatic carbocycles. The molecule has 1 rings (SSSR count). The number of hydrogen-bond acceptors (Lipinski definition) is 2. The molecule has 0 aromatic heterocycles. The molecule has 2 nitrogen and oxygen atoms in total. The summed E-state index contributed by atoms with van der Waals surface area (Å²) < 4.78 is 6.86. The number of benzene rings is 1. The van der Waals surface area contributed by atoms with E-state index in [1.54, 1.807) is 18.2 Å². The van der Waals surface area contributed by atoms with Crippen molar-refractivity contribution in [2.75, 3.05) is 0 Å². The highest BCUT2D eigenvalue weighted by atomic mass is 16.1. The molecule has 0 aliphatic rings. The topological polar surface area (TPSA) is 34.1 Å². The number of Topliss-reactive ketones (excluding diaryl/α,β-unsaturated/α-hetero) is 1. The molecular weight excluding hydrogens is 140 g/mol. The standard InChI is InChI=1S/C9H8O2/c1-7(11)9-5-3-2-4-8(9)6-10/h2-6H,1H3/i6D. The van der Waals surface area contributed by atoms with Crippen LogP contribution >= 0.6 is 0 Å². The average molecular weight is 149 g/mol. The average Bonchev–Trinajstić information content (AvgIpc) is 2.04. The molecule has 2 heteroatoms. The molecule has 0 aliphatic heterocycles. The SMILES string of the molecule is [2H]C(=O)c1ccccc1C(C)=O. The fourth-order valence-corrected chi connectivity index (χ4v) is 0.879. The summed E-state index contributed by atoms with van der Waals surface area (Å²) in [7, 11) is 0. The van der Waals surface area contributed by atoms with Crippen LogP contribution in [0.1, 0.15) is 29.0 Å². The number of ketones is 1. The molecule has 56 valence electrons. The van der Waals surface area contributed by atoms with Crippen LogP contribution in [-0.4, -0.2) is 12.0 Å². The van der Waals surface area contributed by atoms with E-state index in [0.717, 1.165) is 0 Å². The highest BCUT2D eigenvalue weighted by molar-refractivity contribution is 6.01. The van der Waals surface area contributed by atoms with Gasteiger partial charge in [-0.3, -0.25) is 9.59 Å². The Balaban J connectivity index is 3.27. The molecule has 11 heavy (non-hydrogen) atoms. The maximum Gasteiger partial charge on any atom is 0.160 e. The van der Waals surface area contributed by atoms with Crippen LogP contribution in [0.2, 0.25) is 0 Å². The van der Waals surface area contributed by atoms with Crippen LogP contribution in [0, 0.1) is 0 Å². The first-order valence-corrected chi connectivity index (χ1v) is 3.24. The maximum absolute atomic E-state index is 10.9. The van der Waals surface area contributed by atoms with Gasteiger partial charge < -0.3 is 0 Å². The Morgan fingerprint density at radius 2 is 2.18 bits per heavy atom. The lowest BCUT2D eigenvalue weighted by Gasteiger charge is -1.96. The zero-order chi connectivity index (χ0) is 9.14. The Hall–Kier alpha value is -1.44. The second-order valence-electron chi connectivity index (χ2n) is 2.20. The van der Waals surface area contributed by atoms with E-state index in [1.807, 2.05) is 0 Å². The number of carbonyl (C=O) groups excluding carboxylic acids is 2. The molecule has 0 heterocycles. The Labute approximate surface area is 66.3 Å². The van der Waals surface area contributed by atoms with Gasteiger partial charge in [0.05, 0.1) is 0 Å². The highest BCUT2D eigenvalue weighted by Gasteiger charge is 2.03. The van der Waals surface area contributed by atoms with E-state index in [-0.39, 0.29) is 11.3 Å². The summed E-state index contributed by atoms with van der Waals surface area (Å²) in [5, 5.41) is 0. The Kier molecular flexibility index (Phi) is 1.77.